The Morgan fingerprint density at radius 3 is 2.35 bits per heavy atom. The van der Waals surface area contributed by atoms with Gasteiger partial charge >= 0.3 is 5.97 Å². The maximum absolute atomic E-state index is 12.9. The standard InChI is InChI=1S/C21H39N7O6/c1-4-11(2)15(22)19(32)28-10-6-8-14(28)17(30)27-16(12(3)29)18(31)26-13(20(33)34)7-5-9-25-21(23)24/h11-16,29H,4-10,22H2,1-3H3,(H,26,31)(H,27,30)(H,33,34)(H4,23,24,25). The largest absolute Gasteiger partial charge is 0.480 e. The van der Waals surface area contributed by atoms with Crippen LogP contribution in [0.2, 0.25) is 0 Å². The molecule has 0 spiro atoms. The van der Waals surface area contributed by atoms with Gasteiger partial charge in [-0.3, -0.25) is 19.4 Å². The van der Waals surface area contributed by atoms with Crippen LogP contribution in [0.3, 0.4) is 0 Å². The number of carbonyl (C=O) groups excluding carboxylic acids is 3. The van der Waals surface area contributed by atoms with E-state index in [1.165, 1.54) is 11.8 Å². The van der Waals surface area contributed by atoms with Gasteiger partial charge in [0.2, 0.25) is 17.7 Å². The molecule has 0 saturated carbocycles. The smallest absolute Gasteiger partial charge is 0.326 e. The van der Waals surface area contributed by atoms with Crippen molar-refractivity contribution in [1.29, 1.82) is 0 Å². The number of hydrogen-bond donors (Lipinski definition) is 7. The number of aliphatic carboxylic acids is 1. The lowest BCUT2D eigenvalue weighted by Gasteiger charge is -2.30. The molecule has 34 heavy (non-hydrogen) atoms. The van der Waals surface area contributed by atoms with Gasteiger partial charge in [0.05, 0.1) is 12.1 Å². The van der Waals surface area contributed by atoms with Crippen molar-refractivity contribution in [2.45, 2.75) is 83.1 Å². The first-order valence-corrected chi connectivity index (χ1v) is 11.5. The Hall–Kier alpha value is -2.93. The SMILES string of the molecule is CCC(C)C(N)C(=O)N1CCCC1C(=O)NC(C(=O)NC(CCCN=C(N)N)C(=O)O)C(C)O. The minimum Gasteiger partial charge on any atom is -0.480 e. The molecule has 0 radical (unpaired) electrons. The molecular formula is C21H39N7O6. The van der Waals surface area contributed by atoms with Crippen LogP contribution in [0.25, 0.3) is 0 Å². The van der Waals surface area contributed by atoms with Crippen LogP contribution < -0.4 is 27.8 Å². The summed E-state index contributed by atoms with van der Waals surface area (Å²) in [5.74, 6) is -3.27. The van der Waals surface area contributed by atoms with Crippen LogP contribution in [-0.2, 0) is 19.2 Å². The van der Waals surface area contributed by atoms with Crippen molar-refractivity contribution in [2.24, 2.45) is 28.1 Å². The molecule has 1 aliphatic heterocycles. The highest BCUT2D eigenvalue weighted by Gasteiger charge is 2.39. The van der Waals surface area contributed by atoms with E-state index in [0.29, 0.717) is 25.8 Å². The van der Waals surface area contributed by atoms with E-state index >= 15 is 0 Å². The summed E-state index contributed by atoms with van der Waals surface area (Å²) in [5, 5.41) is 24.3. The number of guanidine groups is 1. The monoisotopic (exact) mass is 485 g/mol. The summed E-state index contributed by atoms with van der Waals surface area (Å²) >= 11 is 0. The molecule has 0 bridgehead atoms. The second-order valence-corrected chi connectivity index (χ2v) is 8.68. The predicted molar refractivity (Wildman–Crippen MR) is 125 cm³/mol. The number of amides is 3. The van der Waals surface area contributed by atoms with Crippen molar-refractivity contribution in [3.63, 3.8) is 0 Å². The number of carboxylic acid groups (broad SMARTS) is 1. The fraction of sp³-hybridized carbons (Fsp3) is 0.762. The molecule has 13 nitrogen and oxygen atoms in total. The molecule has 1 aliphatic rings. The van der Waals surface area contributed by atoms with Crippen molar-refractivity contribution >= 4 is 29.7 Å². The van der Waals surface area contributed by atoms with Gasteiger partial charge < -0.3 is 42.9 Å². The normalized spacial score (nSPS) is 19.9. The zero-order valence-corrected chi connectivity index (χ0v) is 20.1. The third-order valence-corrected chi connectivity index (χ3v) is 6.00. The van der Waals surface area contributed by atoms with Crippen molar-refractivity contribution in [3.8, 4) is 0 Å². The highest BCUT2D eigenvalue weighted by molar-refractivity contribution is 5.94. The Labute approximate surface area is 199 Å². The van der Waals surface area contributed by atoms with Crippen molar-refractivity contribution < 1.29 is 29.4 Å². The average molecular weight is 486 g/mol. The third kappa shape index (κ3) is 8.45. The molecule has 0 aromatic carbocycles. The van der Waals surface area contributed by atoms with Gasteiger partial charge in [-0.2, -0.15) is 0 Å². The first-order chi connectivity index (χ1) is 15.9. The number of rotatable bonds is 13. The number of aliphatic hydroxyl groups is 1. The summed E-state index contributed by atoms with van der Waals surface area (Å²) in [6, 6.07) is -4.25. The van der Waals surface area contributed by atoms with Gasteiger partial charge in [0, 0.05) is 13.1 Å². The molecule has 1 rings (SSSR count). The fourth-order valence-corrected chi connectivity index (χ4v) is 3.67. The second-order valence-electron chi connectivity index (χ2n) is 8.68. The van der Waals surface area contributed by atoms with Crippen LogP contribution in [0.15, 0.2) is 4.99 Å². The molecule has 3 amide bonds. The van der Waals surface area contributed by atoms with E-state index in [0.717, 1.165) is 0 Å². The Balaban J connectivity index is 2.84. The van der Waals surface area contributed by atoms with Gasteiger partial charge in [0.15, 0.2) is 5.96 Å². The molecule has 6 unspecified atom stereocenters. The number of nitrogens with two attached hydrogens (primary N) is 3. The molecule has 0 aromatic heterocycles. The van der Waals surface area contributed by atoms with Gasteiger partial charge in [-0.05, 0) is 38.5 Å². The Bertz CT molecular complexity index is 756. The summed E-state index contributed by atoms with van der Waals surface area (Å²) in [6.07, 6.45) is 0.708. The number of likely N-dealkylation sites (tertiary alicyclic amines) is 1. The Morgan fingerprint density at radius 2 is 1.82 bits per heavy atom. The predicted octanol–water partition coefficient (Wildman–Crippen LogP) is -2.16. The molecule has 1 heterocycles. The van der Waals surface area contributed by atoms with E-state index in [2.05, 4.69) is 15.6 Å². The van der Waals surface area contributed by atoms with E-state index in [9.17, 15) is 29.4 Å². The van der Waals surface area contributed by atoms with Gasteiger partial charge in [-0.15, -0.1) is 0 Å². The molecule has 6 atom stereocenters. The van der Waals surface area contributed by atoms with E-state index < -0.39 is 48.1 Å². The molecule has 10 N–H and O–H groups in total. The molecule has 1 fully saturated rings. The first kappa shape index (κ1) is 29.1. The average Bonchev–Trinajstić information content (AvgIpc) is 3.26. The lowest BCUT2D eigenvalue weighted by molar-refractivity contribution is -0.144. The first-order valence-electron chi connectivity index (χ1n) is 11.5. The number of carboxylic acids is 1. The van der Waals surface area contributed by atoms with Crippen molar-refractivity contribution in [2.75, 3.05) is 13.1 Å². The molecule has 0 aromatic rings. The van der Waals surface area contributed by atoms with Crippen LogP contribution in [0.4, 0.5) is 0 Å². The zero-order chi connectivity index (χ0) is 26.0. The van der Waals surface area contributed by atoms with Crippen LogP contribution in [0, 0.1) is 5.92 Å². The quantitative estimate of drug-likeness (QED) is 0.0854. The number of nitrogens with zero attached hydrogens (tertiary/aromatic N) is 2. The number of aliphatic hydroxyl groups excluding tert-OH is 1. The fourth-order valence-electron chi connectivity index (χ4n) is 3.67. The lowest BCUT2D eigenvalue weighted by Crippen LogP contribution is -2.59. The van der Waals surface area contributed by atoms with Gasteiger partial charge in [-0.25, -0.2) is 4.79 Å². The van der Waals surface area contributed by atoms with E-state index in [1.807, 2.05) is 13.8 Å². The molecule has 194 valence electrons. The van der Waals surface area contributed by atoms with Crippen LogP contribution in [0.1, 0.15) is 52.9 Å². The molecule has 1 saturated heterocycles. The number of aliphatic imine (C=N–C) groups is 1. The highest BCUT2D eigenvalue weighted by Crippen LogP contribution is 2.21. The van der Waals surface area contributed by atoms with Gasteiger partial charge in [-0.1, -0.05) is 20.3 Å². The van der Waals surface area contributed by atoms with Crippen LogP contribution >= 0.6 is 0 Å². The Morgan fingerprint density at radius 1 is 1.18 bits per heavy atom. The highest BCUT2D eigenvalue weighted by atomic mass is 16.4. The van der Waals surface area contributed by atoms with E-state index in [1.54, 1.807) is 0 Å². The number of nitrogens with one attached hydrogen (secondary N) is 2. The van der Waals surface area contributed by atoms with Gasteiger partial charge in [0.1, 0.15) is 18.1 Å². The summed E-state index contributed by atoms with van der Waals surface area (Å²) in [6.45, 7) is 5.63. The minimum absolute atomic E-state index is 0.0384. The topological polar surface area (TPSA) is 226 Å². The van der Waals surface area contributed by atoms with Gasteiger partial charge in [0.25, 0.3) is 0 Å². The summed E-state index contributed by atoms with van der Waals surface area (Å²) in [7, 11) is 0. The number of carbonyl (C=O) groups is 4. The summed E-state index contributed by atoms with van der Waals surface area (Å²) < 4.78 is 0. The summed E-state index contributed by atoms with van der Waals surface area (Å²) in [4.78, 5) is 55.2. The van der Waals surface area contributed by atoms with E-state index in [4.69, 9.17) is 17.2 Å². The van der Waals surface area contributed by atoms with Crippen LogP contribution in [-0.4, -0.2) is 88.1 Å². The molecular weight excluding hydrogens is 446 g/mol. The molecule has 0 aliphatic carbocycles. The third-order valence-electron chi connectivity index (χ3n) is 6.00. The second kappa shape index (κ2) is 13.7. The van der Waals surface area contributed by atoms with Crippen LogP contribution in [0.5, 0.6) is 0 Å². The maximum Gasteiger partial charge on any atom is 0.326 e. The molecule has 13 heteroatoms. The maximum atomic E-state index is 12.9. The van der Waals surface area contributed by atoms with Crippen molar-refractivity contribution in [1.82, 2.24) is 15.5 Å². The zero-order valence-electron chi connectivity index (χ0n) is 20.1. The number of hydrogen-bond acceptors (Lipinski definition) is 7. The van der Waals surface area contributed by atoms with Crippen molar-refractivity contribution in [3.05, 3.63) is 0 Å². The van der Waals surface area contributed by atoms with E-state index in [-0.39, 0.29) is 37.2 Å². The lowest BCUT2D eigenvalue weighted by atomic mass is 9.98. The Kier molecular flexibility index (Phi) is 11.7. The minimum atomic E-state index is -1.41. The summed E-state index contributed by atoms with van der Waals surface area (Å²) in [5.41, 5.74) is 16.5.